The van der Waals surface area contributed by atoms with Gasteiger partial charge in [0.1, 0.15) is 11.5 Å². The van der Waals surface area contributed by atoms with E-state index < -0.39 is 0 Å². The summed E-state index contributed by atoms with van der Waals surface area (Å²) in [6.07, 6.45) is 4.86. The Bertz CT molecular complexity index is 671. The van der Waals surface area contributed by atoms with E-state index in [0.717, 1.165) is 24.5 Å². The van der Waals surface area contributed by atoms with E-state index in [4.69, 9.17) is 9.15 Å². The van der Waals surface area contributed by atoms with E-state index in [-0.39, 0.29) is 5.91 Å². The average Bonchev–Trinajstić information content (AvgIpc) is 3.13. The van der Waals surface area contributed by atoms with Gasteiger partial charge < -0.3 is 19.0 Å². The molecule has 1 aromatic heterocycles. The molecule has 23 heavy (non-hydrogen) atoms. The largest absolute Gasteiger partial charge is 0.495 e. The summed E-state index contributed by atoms with van der Waals surface area (Å²) in [5, 5.41) is 0. The molecule has 2 aromatic rings. The molecule has 1 aliphatic heterocycles. The molecule has 1 fully saturated rings. The number of benzene rings is 1. The Morgan fingerprint density at radius 2 is 1.91 bits per heavy atom. The number of hydrogen-bond donors (Lipinski definition) is 0. The molecule has 0 bridgehead atoms. The first-order valence-corrected chi connectivity index (χ1v) is 7.66. The van der Waals surface area contributed by atoms with Gasteiger partial charge in [-0.3, -0.25) is 4.79 Å². The minimum absolute atomic E-state index is 0.0149. The van der Waals surface area contributed by atoms with Gasteiger partial charge in [-0.25, -0.2) is 0 Å². The van der Waals surface area contributed by atoms with Gasteiger partial charge in [-0.05, 0) is 30.3 Å². The molecule has 0 radical (unpaired) electrons. The zero-order valence-corrected chi connectivity index (χ0v) is 13.1. The quantitative estimate of drug-likeness (QED) is 0.814. The Hall–Kier alpha value is -2.69. The summed E-state index contributed by atoms with van der Waals surface area (Å²) in [7, 11) is 1.68. The van der Waals surface area contributed by atoms with E-state index in [0.29, 0.717) is 18.8 Å². The lowest BCUT2D eigenvalue weighted by molar-refractivity contribution is -0.126. The molecule has 0 aliphatic carbocycles. The number of rotatable bonds is 4. The van der Waals surface area contributed by atoms with Gasteiger partial charge in [-0.1, -0.05) is 12.1 Å². The number of carbonyl (C=O) groups excluding carboxylic acids is 1. The Morgan fingerprint density at radius 1 is 1.13 bits per heavy atom. The zero-order chi connectivity index (χ0) is 16.1. The lowest BCUT2D eigenvalue weighted by Crippen LogP contribution is -2.48. The molecule has 0 unspecified atom stereocenters. The normalized spacial score (nSPS) is 15.2. The zero-order valence-electron chi connectivity index (χ0n) is 13.1. The number of carbonyl (C=O) groups is 1. The molecular weight excluding hydrogens is 292 g/mol. The number of nitrogens with zero attached hydrogens (tertiary/aromatic N) is 2. The first-order chi connectivity index (χ1) is 11.3. The van der Waals surface area contributed by atoms with Crippen molar-refractivity contribution in [2.45, 2.75) is 0 Å². The molecule has 5 heteroatoms. The number of furan rings is 1. The fourth-order valence-electron chi connectivity index (χ4n) is 2.70. The maximum absolute atomic E-state index is 12.2. The summed E-state index contributed by atoms with van der Waals surface area (Å²) in [5.74, 6) is 1.57. The summed E-state index contributed by atoms with van der Waals surface area (Å²) in [6, 6.07) is 11.6. The number of hydrogen-bond acceptors (Lipinski definition) is 4. The molecule has 0 spiro atoms. The van der Waals surface area contributed by atoms with Gasteiger partial charge in [0.15, 0.2) is 0 Å². The summed E-state index contributed by atoms with van der Waals surface area (Å²) < 4.78 is 10.6. The van der Waals surface area contributed by atoms with Crippen LogP contribution in [0.4, 0.5) is 5.69 Å². The van der Waals surface area contributed by atoms with Crippen LogP contribution in [0.15, 0.2) is 53.2 Å². The van der Waals surface area contributed by atoms with Crippen molar-refractivity contribution in [3.63, 3.8) is 0 Å². The van der Waals surface area contributed by atoms with Crippen molar-refractivity contribution >= 4 is 17.7 Å². The average molecular weight is 312 g/mol. The Morgan fingerprint density at radius 3 is 2.61 bits per heavy atom. The maximum Gasteiger partial charge on any atom is 0.246 e. The fourth-order valence-corrected chi connectivity index (χ4v) is 2.70. The number of para-hydroxylation sites is 2. The molecule has 3 rings (SSSR count). The predicted octanol–water partition coefficient (Wildman–Crippen LogP) is 2.65. The molecule has 1 amide bonds. The van der Waals surface area contributed by atoms with Crippen molar-refractivity contribution in [2.24, 2.45) is 0 Å². The standard InChI is InChI=1S/C18H20N2O3/c1-22-17-7-3-2-6-16(17)19-10-12-20(13-11-19)18(21)9-8-15-5-4-14-23-15/h2-9,14H,10-13H2,1H3. The molecule has 5 nitrogen and oxygen atoms in total. The maximum atomic E-state index is 12.2. The SMILES string of the molecule is COc1ccccc1N1CCN(C(=O)C=Cc2ccco2)CC1. The van der Waals surface area contributed by atoms with Crippen molar-refractivity contribution in [1.29, 1.82) is 0 Å². The highest BCUT2D eigenvalue weighted by atomic mass is 16.5. The van der Waals surface area contributed by atoms with Crippen molar-refractivity contribution in [2.75, 3.05) is 38.2 Å². The first-order valence-electron chi connectivity index (χ1n) is 7.66. The van der Waals surface area contributed by atoms with E-state index >= 15 is 0 Å². The predicted molar refractivity (Wildman–Crippen MR) is 89.5 cm³/mol. The second-order valence-corrected chi connectivity index (χ2v) is 5.33. The summed E-state index contributed by atoms with van der Waals surface area (Å²) in [5.41, 5.74) is 1.08. The van der Waals surface area contributed by atoms with E-state index in [1.807, 2.05) is 35.2 Å². The molecule has 2 heterocycles. The smallest absolute Gasteiger partial charge is 0.246 e. The van der Waals surface area contributed by atoms with Crippen LogP contribution in [0.3, 0.4) is 0 Å². The number of ether oxygens (including phenoxy) is 1. The lowest BCUT2D eigenvalue weighted by atomic mass is 10.2. The lowest BCUT2D eigenvalue weighted by Gasteiger charge is -2.36. The first kappa shape index (κ1) is 15.2. The van der Waals surface area contributed by atoms with Crippen molar-refractivity contribution < 1.29 is 13.9 Å². The van der Waals surface area contributed by atoms with Crippen LogP contribution in [-0.4, -0.2) is 44.1 Å². The summed E-state index contributed by atoms with van der Waals surface area (Å²) >= 11 is 0. The third-order valence-electron chi connectivity index (χ3n) is 3.95. The van der Waals surface area contributed by atoms with Crippen LogP contribution >= 0.6 is 0 Å². The molecule has 1 saturated heterocycles. The van der Waals surface area contributed by atoms with Crippen LogP contribution in [0, 0.1) is 0 Å². The van der Waals surface area contributed by atoms with Gasteiger partial charge >= 0.3 is 0 Å². The third kappa shape index (κ3) is 3.56. The second-order valence-electron chi connectivity index (χ2n) is 5.33. The monoisotopic (exact) mass is 312 g/mol. The van der Waals surface area contributed by atoms with Gasteiger partial charge in [0, 0.05) is 32.3 Å². The Balaban J connectivity index is 1.59. The highest BCUT2D eigenvalue weighted by Crippen LogP contribution is 2.28. The van der Waals surface area contributed by atoms with Crippen LogP contribution in [0.1, 0.15) is 5.76 Å². The highest BCUT2D eigenvalue weighted by Gasteiger charge is 2.21. The molecule has 0 atom stereocenters. The molecule has 0 saturated carbocycles. The van der Waals surface area contributed by atoms with Crippen LogP contribution in [-0.2, 0) is 4.79 Å². The van der Waals surface area contributed by atoms with Crippen LogP contribution < -0.4 is 9.64 Å². The number of piperazine rings is 1. The van der Waals surface area contributed by atoms with Gasteiger partial charge in [0.05, 0.1) is 19.1 Å². The van der Waals surface area contributed by atoms with Crippen LogP contribution in [0.5, 0.6) is 5.75 Å². The van der Waals surface area contributed by atoms with E-state index in [1.54, 1.807) is 31.6 Å². The molecular formula is C18H20N2O3. The topological polar surface area (TPSA) is 45.9 Å². The van der Waals surface area contributed by atoms with Crippen LogP contribution in [0.25, 0.3) is 6.08 Å². The van der Waals surface area contributed by atoms with Gasteiger partial charge in [0.2, 0.25) is 5.91 Å². The molecule has 0 N–H and O–H groups in total. The number of methoxy groups -OCH3 is 1. The number of anilines is 1. The van der Waals surface area contributed by atoms with Crippen molar-refractivity contribution in [3.8, 4) is 5.75 Å². The Labute approximate surface area is 135 Å². The van der Waals surface area contributed by atoms with Gasteiger partial charge in [-0.15, -0.1) is 0 Å². The summed E-state index contributed by atoms with van der Waals surface area (Å²) in [6.45, 7) is 2.97. The fraction of sp³-hybridized carbons (Fsp3) is 0.278. The highest BCUT2D eigenvalue weighted by molar-refractivity contribution is 5.91. The minimum Gasteiger partial charge on any atom is -0.495 e. The summed E-state index contributed by atoms with van der Waals surface area (Å²) in [4.78, 5) is 16.3. The third-order valence-corrected chi connectivity index (χ3v) is 3.95. The van der Waals surface area contributed by atoms with E-state index in [9.17, 15) is 4.79 Å². The van der Waals surface area contributed by atoms with E-state index in [1.165, 1.54) is 0 Å². The second kappa shape index (κ2) is 7.05. The number of amides is 1. The minimum atomic E-state index is 0.0149. The molecule has 1 aromatic carbocycles. The Kier molecular flexibility index (Phi) is 4.66. The van der Waals surface area contributed by atoms with Gasteiger partial charge in [-0.2, -0.15) is 0 Å². The van der Waals surface area contributed by atoms with Crippen LogP contribution in [0.2, 0.25) is 0 Å². The molecule has 120 valence electrons. The molecule has 1 aliphatic rings. The van der Waals surface area contributed by atoms with Crippen molar-refractivity contribution in [1.82, 2.24) is 4.90 Å². The van der Waals surface area contributed by atoms with Crippen molar-refractivity contribution in [3.05, 3.63) is 54.5 Å². The van der Waals surface area contributed by atoms with E-state index in [2.05, 4.69) is 4.90 Å². The van der Waals surface area contributed by atoms with Gasteiger partial charge in [0.25, 0.3) is 0 Å².